The van der Waals surface area contributed by atoms with E-state index in [1.54, 1.807) is 53.4 Å². The van der Waals surface area contributed by atoms with Gasteiger partial charge in [-0.2, -0.15) is 0 Å². The monoisotopic (exact) mass is 402 g/mol. The molecule has 2 rings (SSSR count). The first-order valence-corrected chi connectivity index (χ1v) is 9.23. The zero-order chi connectivity index (χ0) is 20.5. The first-order valence-electron chi connectivity index (χ1n) is 8.85. The highest BCUT2D eigenvalue weighted by Crippen LogP contribution is 2.12. The van der Waals surface area contributed by atoms with Crippen molar-refractivity contribution in [3.8, 4) is 0 Å². The van der Waals surface area contributed by atoms with Gasteiger partial charge in [-0.25, -0.2) is 0 Å². The number of carbonyl (C=O) groups is 2. The number of halogens is 1. The van der Waals surface area contributed by atoms with Crippen molar-refractivity contribution in [1.82, 2.24) is 4.90 Å². The summed E-state index contributed by atoms with van der Waals surface area (Å²) >= 11 is 5.89. The van der Waals surface area contributed by atoms with Gasteiger partial charge in [0.25, 0.3) is 11.8 Å². The molecule has 0 radical (unpaired) electrons. The van der Waals surface area contributed by atoms with Gasteiger partial charge in [-0.05, 0) is 50.2 Å². The summed E-state index contributed by atoms with van der Waals surface area (Å²) in [7, 11) is 0. The van der Waals surface area contributed by atoms with Crippen molar-refractivity contribution < 1.29 is 14.4 Å². The third kappa shape index (κ3) is 5.99. The van der Waals surface area contributed by atoms with E-state index in [1.807, 2.05) is 13.8 Å². The van der Waals surface area contributed by atoms with E-state index < -0.39 is 5.91 Å². The molecule has 148 valence electrons. The van der Waals surface area contributed by atoms with Crippen molar-refractivity contribution in [2.45, 2.75) is 13.8 Å². The van der Waals surface area contributed by atoms with E-state index in [-0.39, 0.29) is 18.3 Å². The zero-order valence-corrected chi connectivity index (χ0v) is 16.6. The lowest BCUT2D eigenvalue weighted by Gasteiger charge is -2.18. The van der Waals surface area contributed by atoms with Crippen molar-refractivity contribution in [1.29, 1.82) is 0 Å². The van der Waals surface area contributed by atoms with Crippen LogP contribution in [-0.2, 0) is 9.63 Å². The molecule has 28 heavy (non-hydrogen) atoms. The van der Waals surface area contributed by atoms with Crippen LogP contribution in [0, 0.1) is 0 Å². The van der Waals surface area contributed by atoms with E-state index in [9.17, 15) is 9.59 Å². The Balaban J connectivity index is 1.87. The van der Waals surface area contributed by atoms with E-state index in [0.29, 0.717) is 34.9 Å². The minimum absolute atomic E-state index is 0.0444. The number of benzene rings is 2. The standard InChI is InChI=1S/C20H23ClN4O3/c1-3-25(4-2)20(27)14-8-10-17(11-9-14)23-18(26)13-28-24-19(22)15-6-5-7-16(21)12-15/h5-12H,3-4,13H2,1-2H3,(H2,22,24)(H,23,26). The summed E-state index contributed by atoms with van der Waals surface area (Å²) in [5.41, 5.74) is 7.51. The van der Waals surface area contributed by atoms with Crippen molar-refractivity contribution in [2.24, 2.45) is 10.9 Å². The van der Waals surface area contributed by atoms with Gasteiger partial charge in [0.15, 0.2) is 12.4 Å². The second kappa shape index (κ2) is 10.3. The van der Waals surface area contributed by atoms with Gasteiger partial charge in [0, 0.05) is 34.9 Å². The van der Waals surface area contributed by atoms with Gasteiger partial charge in [-0.1, -0.05) is 28.9 Å². The topological polar surface area (TPSA) is 97.0 Å². The summed E-state index contributed by atoms with van der Waals surface area (Å²) in [5, 5.41) is 6.91. The van der Waals surface area contributed by atoms with Gasteiger partial charge in [-0.15, -0.1) is 0 Å². The number of anilines is 1. The molecule has 2 aromatic carbocycles. The van der Waals surface area contributed by atoms with Crippen molar-refractivity contribution in [3.63, 3.8) is 0 Å². The first-order chi connectivity index (χ1) is 13.4. The molecule has 0 spiro atoms. The Bertz CT molecular complexity index is 849. The molecule has 0 saturated carbocycles. The lowest BCUT2D eigenvalue weighted by atomic mass is 10.2. The zero-order valence-electron chi connectivity index (χ0n) is 15.8. The third-order valence-electron chi connectivity index (χ3n) is 3.95. The maximum absolute atomic E-state index is 12.3. The van der Waals surface area contributed by atoms with E-state index in [0.717, 1.165) is 0 Å². The second-order valence-corrected chi connectivity index (χ2v) is 6.30. The minimum Gasteiger partial charge on any atom is -0.384 e. The SMILES string of the molecule is CCN(CC)C(=O)c1ccc(NC(=O)CO/N=C(/N)c2cccc(Cl)c2)cc1. The Hall–Kier alpha value is -3.06. The van der Waals surface area contributed by atoms with Gasteiger partial charge < -0.3 is 20.8 Å². The quantitative estimate of drug-likeness (QED) is 0.402. The van der Waals surface area contributed by atoms with E-state index in [2.05, 4.69) is 10.5 Å². The van der Waals surface area contributed by atoms with Crippen LogP contribution in [0.25, 0.3) is 0 Å². The molecule has 0 saturated heterocycles. The summed E-state index contributed by atoms with van der Waals surface area (Å²) in [6, 6.07) is 13.5. The van der Waals surface area contributed by atoms with Crippen molar-refractivity contribution >= 4 is 34.9 Å². The highest BCUT2D eigenvalue weighted by Gasteiger charge is 2.12. The summed E-state index contributed by atoms with van der Waals surface area (Å²) in [5.74, 6) is -0.322. The molecule has 0 aliphatic carbocycles. The Morgan fingerprint density at radius 2 is 1.79 bits per heavy atom. The number of hydrogen-bond donors (Lipinski definition) is 2. The van der Waals surface area contributed by atoms with Crippen LogP contribution in [0.1, 0.15) is 29.8 Å². The fourth-order valence-electron chi connectivity index (χ4n) is 2.45. The first kappa shape index (κ1) is 21.2. The molecular formula is C20H23ClN4O3. The number of amides is 2. The van der Waals surface area contributed by atoms with Gasteiger partial charge in [0.1, 0.15) is 0 Å². The maximum Gasteiger partial charge on any atom is 0.265 e. The normalized spacial score (nSPS) is 11.0. The number of oxime groups is 1. The molecule has 8 heteroatoms. The van der Waals surface area contributed by atoms with Crippen molar-refractivity contribution in [2.75, 3.05) is 25.0 Å². The Morgan fingerprint density at radius 3 is 2.39 bits per heavy atom. The van der Waals surface area contributed by atoms with Crippen LogP contribution in [0.15, 0.2) is 53.7 Å². The summed E-state index contributed by atoms with van der Waals surface area (Å²) in [6.07, 6.45) is 0. The molecule has 0 aliphatic rings. The molecule has 7 nitrogen and oxygen atoms in total. The summed E-state index contributed by atoms with van der Waals surface area (Å²) in [6.45, 7) is 4.84. The number of carbonyl (C=O) groups excluding carboxylic acids is 2. The number of nitrogens with one attached hydrogen (secondary N) is 1. The van der Waals surface area contributed by atoms with Crippen LogP contribution >= 0.6 is 11.6 Å². The summed E-state index contributed by atoms with van der Waals surface area (Å²) in [4.78, 5) is 30.9. The van der Waals surface area contributed by atoms with E-state index >= 15 is 0 Å². The van der Waals surface area contributed by atoms with Gasteiger partial charge in [-0.3, -0.25) is 9.59 Å². The van der Waals surface area contributed by atoms with Crippen molar-refractivity contribution in [3.05, 3.63) is 64.7 Å². The van der Waals surface area contributed by atoms with E-state index in [1.165, 1.54) is 0 Å². The number of rotatable bonds is 8. The molecular weight excluding hydrogens is 380 g/mol. The van der Waals surface area contributed by atoms with Crippen LogP contribution in [0.5, 0.6) is 0 Å². The fourth-order valence-corrected chi connectivity index (χ4v) is 2.64. The molecule has 0 fully saturated rings. The largest absolute Gasteiger partial charge is 0.384 e. The van der Waals surface area contributed by atoms with Crippen LogP contribution in [0.4, 0.5) is 5.69 Å². The van der Waals surface area contributed by atoms with E-state index in [4.69, 9.17) is 22.2 Å². The molecule has 2 aromatic rings. The lowest BCUT2D eigenvalue weighted by Crippen LogP contribution is -2.30. The molecule has 0 atom stereocenters. The highest BCUT2D eigenvalue weighted by molar-refractivity contribution is 6.31. The Kier molecular flexibility index (Phi) is 7.83. The Morgan fingerprint density at radius 1 is 1.11 bits per heavy atom. The van der Waals surface area contributed by atoms with Crippen LogP contribution in [0.3, 0.4) is 0 Å². The predicted molar refractivity (Wildman–Crippen MR) is 110 cm³/mol. The number of nitrogens with zero attached hydrogens (tertiary/aromatic N) is 2. The molecule has 0 bridgehead atoms. The summed E-state index contributed by atoms with van der Waals surface area (Å²) < 4.78 is 0. The molecule has 0 aromatic heterocycles. The molecule has 2 amide bonds. The average Bonchev–Trinajstić information content (AvgIpc) is 2.69. The predicted octanol–water partition coefficient (Wildman–Crippen LogP) is 3.10. The van der Waals surface area contributed by atoms with Crippen LogP contribution in [0.2, 0.25) is 5.02 Å². The van der Waals surface area contributed by atoms with Crippen LogP contribution in [-0.4, -0.2) is 42.2 Å². The molecule has 0 aliphatic heterocycles. The number of hydrogen-bond acceptors (Lipinski definition) is 4. The lowest BCUT2D eigenvalue weighted by molar-refractivity contribution is -0.120. The van der Waals surface area contributed by atoms with Gasteiger partial charge in [0.2, 0.25) is 0 Å². The number of amidine groups is 1. The second-order valence-electron chi connectivity index (χ2n) is 5.86. The third-order valence-corrected chi connectivity index (χ3v) is 4.18. The number of nitrogens with two attached hydrogens (primary N) is 1. The maximum atomic E-state index is 12.3. The average molecular weight is 403 g/mol. The fraction of sp³-hybridized carbons (Fsp3) is 0.250. The highest BCUT2D eigenvalue weighted by atomic mass is 35.5. The Labute approximate surface area is 169 Å². The molecule has 0 heterocycles. The molecule has 0 unspecified atom stereocenters. The smallest absolute Gasteiger partial charge is 0.265 e. The molecule has 3 N–H and O–H groups in total. The van der Waals surface area contributed by atoms with Crippen LogP contribution < -0.4 is 11.1 Å². The van der Waals surface area contributed by atoms with Gasteiger partial charge in [0.05, 0.1) is 0 Å². The minimum atomic E-state index is -0.398. The van der Waals surface area contributed by atoms with Gasteiger partial charge >= 0.3 is 0 Å².